The molecule has 5 heteroatoms. The SMILES string of the molecule is CC(C)(C)OC(=O)CCC(F)(F)c1cccc2ncccc12. The van der Waals surface area contributed by atoms with Gasteiger partial charge in [-0.25, -0.2) is 8.78 Å². The molecular weight excluding hydrogens is 288 g/mol. The molecule has 0 aliphatic rings. The van der Waals surface area contributed by atoms with E-state index in [0.717, 1.165) is 0 Å². The monoisotopic (exact) mass is 307 g/mol. The summed E-state index contributed by atoms with van der Waals surface area (Å²) < 4.78 is 34.0. The molecule has 2 rings (SSSR count). The molecule has 0 spiro atoms. The third-order valence-corrected chi connectivity index (χ3v) is 3.10. The number of hydrogen-bond donors (Lipinski definition) is 0. The van der Waals surface area contributed by atoms with Crippen molar-refractivity contribution in [1.82, 2.24) is 4.98 Å². The molecule has 0 radical (unpaired) electrons. The summed E-state index contributed by atoms with van der Waals surface area (Å²) in [5.74, 6) is -3.73. The molecule has 0 bridgehead atoms. The minimum atomic E-state index is -3.11. The molecule has 118 valence electrons. The number of aromatic nitrogens is 1. The number of hydrogen-bond acceptors (Lipinski definition) is 3. The molecule has 1 aromatic carbocycles. The van der Waals surface area contributed by atoms with Crippen molar-refractivity contribution in [2.24, 2.45) is 0 Å². The Bertz CT molecular complexity index is 672. The van der Waals surface area contributed by atoms with Gasteiger partial charge in [0, 0.05) is 23.6 Å². The average molecular weight is 307 g/mol. The number of alkyl halides is 2. The lowest BCUT2D eigenvalue weighted by Gasteiger charge is -2.21. The van der Waals surface area contributed by atoms with E-state index in [0.29, 0.717) is 10.9 Å². The lowest BCUT2D eigenvalue weighted by Crippen LogP contribution is -2.25. The summed E-state index contributed by atoms with van der Waals surface area (Å²) in [6, 6.07) is 7.84. The van der Waals surface area contributed by atoms with Gasteiger partial charge in [-0.2, -0.15) is 0 Å². The number of esters is 1. The topological polar surface area (TPSA) is 39.2 Å². The normalized spacial score (nSPS) is 12.4. The minimum absolute atomic E-state index is 0.110. The Morgan fingerprint density at radius 1 is 1.18 bits per heavy atom. The first-order chi connectivity index (χ1) is 10.2. The van der Waals surface area contributed by atoms with Gasteiger partial charge in [-0.15, -0.1) is 0 Å². The fraction of sp³-hybridized carbons (Fsp3) is 0.412. The second-order valence-corrected chi connectivity index (χ2v) is 6.17. The number of fused-ring (bicyclic) bond motifs is 1. The second kappa shape index (κ2) is 5.99. The first-order valence-corrected chi connectivity index (χ1v) is 7.13. The molecular formula is C17H19F2NO2. The van der Waals surface area contributed by atoms with Crippen LogP contribution in [0.4, 0.5) is 8.78 Å². The van der Waals surface area contributed by atoms with Gasteiger partial charge in [0.05, 0.1) is 11.9 Å². The Hall–Kier alpha value is -2.04. The average Bonchev–Trinajstić information content (AvgIpc) is 2.43. The van der Waals surface area contributed by atoms with E-state index in [1.807, 2.05) is 0 Å². The zero-order valence-electron chi connectivity index (χ0n) is 12.9. The van der Waals surface area contributed by atoms with Crippen LogP contribution in [0.3, 0.4) is 0 Å². The van der Waals surface area contributed by atoms with Gasteiger partial charge in [-0.3, -0.25) is 9.78 Å². The number of ether oxygens (including phenoxy) is 1. The standard InChI is InChI=1S/C17H19F2NO2/c1-16(2,3)22-15(21)9-10-17(18,19)13-7-4-8-14-12(13)6-5-11-20-14/h4-8,11H,9-10H2,1-3H3. The first kappa shape index (κ1) is 16.3. The molecule has 0 aliphatic carbocycles. The van der Waals surface area contributed by atoms with Gasteiger partial charge in [0.25, 0.3) is 5.92 Å². The van der Waals surface area contributed by atoms with E-state index in [2.05, 4.69) is 4.98 Å². The van der Waals surface area contributed by atoms with Crippen LogP contribution in [0.1, 0.15) is 39.2 Å². The summed E-state index contributed by atoms with van der Waals surface area (Å²) >= 11 is 0. The van der Waals surface area contributed by atoms with Gasteiger partial charge in [0.2, 0.25) is 0 Å². The molecule has 0 N–H and O–H groups in total. The molecule has 3 nitrogen and oxygen atoms in total. The molecule has 0 unspecified atom stereocenters. The Kier molecular flexibility index (Phi) is 4.44. The summed E-state index contributed by atoms with van der Waals surface area (Å²) in [7, 11) is 0. The zero-order valence-corrected chi connectivity index (χ0v) is 12.9. The fourth-order valence-electron chi connectivity index (χ4n) is 2.21. The number of nitrogens with zero attached hydrogens (tertiary/aromatic N) is 1. The predicted octanol–water partition coefficient (Wildman–Crippen LogP) is 4.45. The van der Waals surface area contributed by atoms with E-state index in [9.17, 15) is 13.6 Å². The van der Waals surface area contributed by atoms with E-state index >= 15 is 0 Å². The van der Waals surface area contributed by atoms with Crippen molar-refractivity contribution in [3.05, 3.63) is 42.1 Å². The van der Waals surface area contributed by atoms with Gasteiger partial charge < -0.3 is 4.74 Å². The summed E-state index contributed by atoms with van der Waals surface area (Å²) in [6.45, 7) is 5.12. The molecule has 0 aliphatic heterocycles. The molecule has 0 saturated heterocycles. The van der Waals surface area contributed by atoms with Crippen LogP contribution in [0.25, 0.3) is 10.9 Å². The van der Waals surface area contributed by atoms with Crippen molar-refractivity contribution in [2.75, 3.05) is 0 Å². The van der Waals surface area contributed by atoms with Crippen LogP contribution in [0, 0.1) is 0 Å². The van der Waals surface area contributed by atoms with Crippen molar-refractivity contribution in [3.63, 3.8) is 0 Å². The molecule has 1 heterocycles. The molecule has 2 aromatic rings. The van der Waals surface area contributed by atoms with Gasteiger partial charge in [0.15, 0.2) is 0 Å². The van der Waals surface area contributed by atoms with E-state index in [-0.39, 0.29) is 12.0 Å². The molecule has 0 atom stereocenters. The maximum absolute atomic E-state index is 14.4. The van der Waals surface area contributed by atoms with Gasteiger partial charge in [0.1, 0.15) is 5.60 Å². The Morgan fingerprint density at radius 2 is 1.91 bits per heavy atom. The van der Waals surface area contributed by atoms with Gasteiger partial charge in [-0.1, -0.05) is 18.2 Å². The Labute approximate surface area is 128 Å². The van der Waals surface area contributed by atoms with Gasteiger partial charge in [-0.05, 0) is 32.9 Å². The molecule has 1 aromatic heterocycles. The fourth-order valence-corrected chi connectivity index (χ4v) is 2.21. The van der Waals surface area contributed by atoms with Crippen LogP contribution in [-0.2, 0) is 15.5 Å². The van der Waals surface area contributed by atoms with Crippen LogP contribution in [0.2, 0.25) is 0 Å². The lowest BCUT2D eigenvalue weighted by molar-refractivity contribution is -0.157. The molecule has 0 fully saturated rings. The number of benzene rings is 1. The largest absolute Gasteiger partial charge is 0.460 e. The van der Waals surface area contributed by atoms with Gasteiger partial charge >= 0.3 is 5.97 Å². The molecule has 0 saturated carbocycles. The van der Waals surface area contributed by atoms with Crippen LogP contribution >= 0.6 is 0 Å². The zero-order chi connectivity index (χ0) is 16.4. The van der Waals surface area contributed by atoms with E-state index in [1.54, 1.807) is 51.2 Å². The third kappa shape index (κ3) is 4.00. The lowest BCUT2D eigenvalue weighted by atomic mass is 9.99. The first-order valence-electron chi connectivity index (χ1n) is 7.13. The summed E-state index contributed by atoms with van der Waals surface area (Å²) in [5.41, 5.74) is -0.269. The number of carbonyl (C=O) groups is 1. The molecule has 22 heavy (non-hydrogen) atoms. The summed E-state index contributed by atoms with van der Waals surface area (Å²) in [6.07, 6.45) is 0.641. The van der Waals surface area contributed by atoms with Crippen molar-refractivity contribution in [2.45, 2.75) is 45.1 Å². The Morgan fingerprint density at radius 3 is 2.59 bits per heavy atom. The highest BCUT2D eigenvalue weighted by molar-refractivity contribution is 5.82. The minimum Gasteiger partial charge on any atom is -0.460 e. The van der Waals surface area contributed by atoms with Crippen LogP contribution in [0.5, 0.6) is 0 Å². The van der Waals surface area contributed by atoms with Crippen LogP contribution in [-0.4, -0.2) is 16.6 Å². The number of halogens is 2. The van der Waals surface area contributed by atoms with Crippen molar-refractivity contribution in [1.29, 1.82) is 0 Å². The quantitative estimate of drug-likeness (QED) is 0.783. The van der Waals surface area contributed by atoms with E-state index in [1.165, 1.54) is 6.07 Å². The van der Waals surface area contributed by atoms with Crippen molar-refractivity contribution >= 4 is 16.9 Å². The number of carbonyl (C=O) groups excluding carboxylic acids is 1. The van der Waals surface area contributed by atoms with Crippen molar-refractivity contribution in [3.8, 4) is 0 Å². The summed E-state index contributed by atoms with van der Waals surface area (Å²) in [4.78, 5) is 15.7. The number of rotatable bonds is 4. The maximum Gasteiger partial charge on any atom is 0.306 e. The smallest absolute Gasteiger partial charge is 0.306 e. The third-order valence-electron chi connectivity index (χ3n) is 3.10. The maximum atomic E-state index is 14.4. The highest BCUT2D eigenvalue weighted by atomic mass is 19.3. The second-order valence-electron chi connectivity index (χ2n) is 6.17. The van der Waals surface area contributed by atoms with Crippen LogP contribution in [0.15, 0.2) is 36.5 Å². The van der Waals surface area contributed by atoms with E-state index < -0.39 is 23.9 Å². The van der Waals surface area contributed by atoms with Crippen molar-refractivity contribution < 1.29 is 18.3 Å². The summed E-state index contributed by atoms with van der Waals surface area (Å²) in [5, 5.41) is 0.402. The van der Waals surface area contributed by atoms with E-state index in [4.69, 9.17) is 4.74 Å². The van der Waals surface area contributed by atoms with Crippen LogP contribution < -0.4 is 0 Å². The number of pyridine rings is 1. The predicted molar refractivity (Wildman–Crippen MR) is 80.7 cm³/mol. The highest BCUT2D eigenvalue weighted by Crippen LogP contribution is 2.37. The Balaban J connectivity index is 2.17. The highest BCUT2D eigenvalue weighted by Gasteiger charge is 2.34. The molecule has 0 amide bonds.